The van der Waals surface area contributed by atoms with Crippen molar-refractivity contribution >= 4 is 5.78 Å². The van der Waals surface area contributed by atoms with Gasteiger partial charge in [0.15, 0.2) is 0 Å². The lowest BCUT2D eigenvalue weighted by Crippen LogP contribution is -2.35. The summed E-state index contributed by atoms with van der Waals surface area (Å²) in [6.45, 7) is 8.52. The molecule has 0 aliphatic carbocycles. The summed E-state index contributed by atoms with van der Waals surface area (Å²) in [5, 5.41) is 3.97. The van der Waals surface area contributed by atoms with Crippen LogP contribution in [0.1, 0.15) is 36.8 Å². The van der Waals surface area contributed by atoms with Gasteiger partial charge in [-0.3, -0.25) is 9.69 Å². The fourth-order valence-electron chi connectivity index (χ4n) is 2.45. The van der Waals surface area contributed by atoms with Crippen LogP contribution in [0, 0.1) is 19.8 Å². The number of aryl methyl sites for hydroxylation is 2. The van der Waals surface area contributed by atoms with Crippen LogP contribution in [0.3, 0.4) is 0 Å². The molecule has 4 nitrogen and oxygen atoms in total. The second-order valence-corrected chi connectivity index (χ2v) is 4.96. The zero-order valence-corrected chi connectivity index (χ0v) is 10.8. The van der Waals surface area contributed by atoms with Crippen LogP contribution in [0.4, 0.5) is 0 Å². The standard InChI is InChI=1S/C13H20N2O2/c1-9-13(11(3)17-14-9)8-15-6-4-12(5-7-15)10(2)16/h12H,4-8H2,1-3H3. The molecule has 0 unspecified atom stereocenters. The Balaban J connectivity index is 1.92. The highest BCUT2D eigenvalue weighted by molar-refractivity contribution is 5.78. The molecule has 1 aliphatic heterocycles. The van der Waals surface area contributed by atoms with E-state index < -0.39 is 0 Å². The van der Waals surface area contributed by atoms with Crippen molar-refractivity contribution < 1.29 is 9.32 Å². The molecule has 0 amide bonds. The van der Waals surface area contributed by atoms with Crippen LogP contribution in [0.2, 0.25) is 0 Å². The molecule has 1 fully saturated rings. The molecule has 94 valence electrons. The van der Waals surface area contributed by atoms with Crippen molar-refractivity contribution in [2.75, 3.05) is 13.1 Å². The Morgan fingerprint density at radius 2 is 2.06 bits per heavy atom. The van der Waals surface area contributed by atoms with E-state index >= 15 is 0 Å². The first-order valence-corrected chi connectivity index (χ1v) is 6.22. The van der Waals surface area contributed by atoms with Crippen LogP contribution in [-0.4, -0.2) is 28.9 Å². The number of aromatic nitrogens is 1. The summed E-state index contributed by atoms with van der Waals surface area (Å²) in [6.07, 6.45) is 1.97. The Morgan fingerprint density at radius 3 is 2.53 bits per heavy atom. The second kappa shape index (κ2) is 5.00. The Labute approximate surface area is 102 Å². The number of nitrogens with zero attached hydrogens (tertiary/aromatic N) is 2. The number of ketones is 1. The highest BCUT2D eigenvalue weighted by Gasteiger charge is 2.23. The summed E-state index contributed by atoms with van der Waals surface area (Å²) in [6, 6.07) is 0. The molecule has 0 radical (unpaired) electrons. The van der Waals surface area contributed by atoms with Gasteiger partial charge in [0, 0.05) is 18.0 Å². The number of hydrogen-bond donors (Lipinski definition) is 0. The van der Waals surface area contributed by atoms with Crippen molar-refractivity contribution in [2.24, 2.45) is 5.92 Å². The number of Topliss-reactive ketones (excluding diaryl/α,β-unsaturated/α-hetero) is 1. The molecule has 0 spiro atoms. The van der Waals surface area contributed by atoms with Crippen molar-refractivity contribution in [1.29, 1.82) is 0 Å². The molecular weight excluding hydrogens is 216 g/mol. The van der Waals surface area contributed by atoms with Gasteiger partial charge in [-0.15, -0.1) is 0 Å². The molecule has 0 atom stereocenters. The van der Waals surface area contributed by atoms with Crippen molar-refractivity contribution in [3.8, 4) is 0 Å². The molecule has 1 aliphatic rings. The van der Waals surface area contributed by atoms with Crippen LogP contribution in [0.25, 0.3) is 0 Å². The lowest BCUT2D eigenvalue weighted by molar-refractivity contribution is -0.122. The largest absolute Gasteiger partial charge is 0.361 e. The van der Waals surface area contributed by atoms with E-state index in [0.29, 0.717) is 5.78 Å². The number of likely N-dealkylation sites (tertiary alicyclic amines) is 1. The first kappa shape index (κ1) is 12.3. The highest BCUT2D eigenvalue weighted by atomic mass is 16.5. The Kier molecular flexibility index (Phi) is 3.62. The average molecular weight is 236 g/mol. The van der Waals surface area contributed by atoms with E-state index in [0.717, 1.165) is 43.9 Å². The van der Waals surface area contributed by atoms with Gasteiger partial charge < -0.3 is 4.52 Å². The van der Waals surface area contributed by atoms with Crippen molar-refractivity contribution in [3.63, 3.8) is 0 Å². The Hall–Kier alpha value is -1.16. The van der Waals surface area contributed by atoms with Gasteiger partial charge in [0.2, 0.25) is 0 Å². The van der Waals surface area contributed by atoms with Gasteiger partial charge in [-0.2, -0.15) is 0 Å². The summed E-state index contributed by atoms with van der Waals surface area (Å²) >= 11 is 0. The Morgan fingerprint density at radius 1 is 1.41 bits per heavy atom. The molecule has 1 aromatic heterocycles. The van der Waals surface area contributed by atoms with Gasteiger partial charge in [0.1, 0.15) is 11.5 Å². The highest BCUT2D eigenvalue weighted by Crippen LogP contribution is 2.21. The van der Waals surface area contributed by atoms with Crippen LogP contribution < -0.4 is 0 Å². The molecule has 4 heteroatoms. The first-order chi connectivity index (χ1) is 8.08. The third-order valence-electron chi connectivity index (χ3n) is 3.73. The fraction of sp³-hybridized carbons (Fsp3) is 0.692. The number of piperidine rings is 1. The number of rotatable bonds is 3. The van der Waals surface area contributed by atoms with Crippen molar-refractivity contribution in [3.05, 3.63) is 17.0 Å². The number of carbonyl (C=O) groups excluding carboxylic acids is 1. The summed E-state index contributed by atoms with van der Waals surface area (Å²) in [4.78, 5) is 13.7. The minimum atomic E-state index is 0.274. The number of hydrogen-bond acceptors (Lipinski definition) is 4. The van der Waals surface area contributed by atoms with Gasteiger partial charge in [0.05, 0.1) is 5.69 Å². The SMILES string of the molecule is CC(=O)C1CCN(Cc2c(C)noc2C)CC1. The van der Waals surface area contributed by atoms with Crippen molar-refractivity contribution in [1.82, 2.24) is 10.1 Å². The molecule has 2 rings (SSSR count). The average Bonchev–Trinajstić information content (AvgIpc) is 2.61. The topological polar surface area (TPSA) is 46.3 Å². The molecule has 17 heavy (non-hydrogen) atoms. The smallest absolute Gasteiger partial charge is 0.138 e. The van der Waals surface area contributed by atoms with Gasteiger partial charge in [-0.05, 0) is 46.7 Å². The zero-order chi connectivity index (χ0) is 12.4. The van der Waals surface area contributed by atoms with Crippen LogP contribution in [-0.2, 0) is 11.3 Å². The maximum Gasteiger partial charge on any atom is 0.138 e. The normalized spacial score (nSPS) is 18.5. The molecule has 0 bridgehead atoms. The summed E-state index contributed by atoms with van der Waals surface area (Å²) in [7, 11) is 0. The van der Waals surface area contributed by atoms with E-state index in [1.807, 2.05) is 13.8 Å². The first-order valence-electron chi connectivity index (χ1n) is 6.22. The quantitative estimate of drug-likeness (QED) is 0.806. The molecule has 0 aromatic carbocycles. The summed E-state index contributed by atoms with van der Waals surface area (Å²) < 4.78 is 5.17. The van der Waals surface area contributed by atoms with E-state index in [1.54, 1.807) is 6.92 Å². The summed E-state index contributed by atoms with van der Waals surface area (Å²) in [5.74, 6) is 1.52. The monoisotopic (exact) mass is 236 g/mol. The lowest BCUT2D eigenvalue weighted by atomic mass is 9.93. The second-order valence-electron chi connectivity index (χ2n) is 4.96. The predicted octanol–water partition coefficient (Wildman–Crippen LogP) is 2.09. The van der Waals surface area contributed by atoms with Crippen molar-refractivity contribution in [2.45, 2.75) is 40.2 Å². The molecular formula is C13H20N2O2. The molecule has 0 saturated carbocycles. The minimum absolute atomic E-state index is 0.274. The maximum atomic E-state index is 11.3. The van der Waals surface area contributed by atoms with Gasteiger partial charge in [0.25, 0.3) is 0 Å². The third-order valence-corrected chi connectivity index (χ3v) is 3.73. The molecule has 1 saturated heterocycles. The van der Waals surface area contributed by atoms with Crippen LogP contribution in [0.5, 0.6) is 0 Å². The molecule has 0 N–H and O–H groups in total. The van der Waals surface area contributed by atoms with E-state index in [2.05, 4.69) is 10.1 Å². The van der Waals surface area contributed by atoms with E-state index in [9.17, 15) is 4.79 Å². The van der Waals surface area contributed by atoms with Crippen LogP contribution >= 0.6 is 0 Å². The minimum Gasteiger partial charge on any atom is -0.361 e. The van der Waals surface area contributed by atoms with Gasteiger partial charge >= 0.3 is 0 Å². The summed E-state index contributed by atoms with van der Waals surface area (Å²) in [5.41, 5.74) is 2.18. The predicted molar refractivity (Wildman–Crippen MR) is 64.7 cm³/mol. The maximum absolute atomic E-state index is 11.3. The number of carbonyl (C=O) groups is 1. The molecule has 2 heterocycles. The molecule has 1 aromatic rings. The van der Waals surface area contributed by atoms with Crippen LogP contribution in [0.15, 0.2) is 4.52 Å². The van der Waals surface area contributed by atoms with E-state index in [1.165, 1.54) is 5.56 Å². The van der Waals surface area contributed by atoms with Gasteiger partial charge in [-0.1, -0.05) is 5.16 Å². The van der Waals surface area contributed by atoms with E-state index in [4.69, 9.17) is 4.52 Å². The van der Waals surface area contributed by atoms with E-state index in [-0.39, 0.29) is 5.92 Å². The lowest BCUT2D eigenvalue weighted by Gasteiger charge is -2.30. The zero-order valence-electron chi connectivity index (χ0n) is 10.8. The third kappa shape index (κ3) is 2.75. The van der Waals surface area contributed by atoms with Gasteiger partial charge in [-0.25, -0.2) is 0 Å². The Bertz CT molecular complexity index is 384. The fourth-order valence-corrected chi connectivity index (χ4v) is 2.45.